The molecule has 1 aliphatic heterocycles. The van der Waals surface area contributed by atoms with E-state index in [4.69, 9.17) is 4.74 Å². The maximum atomic E-state index is 12.6. The number of aliphatic hydroxyl groups excluding tert-OH is 1. The van der Waals surface area contributed by atoms with Gasteiger partial charge in [-0.2, -0.15) is 5.10 Å². The zero-order chi connectivity index (χ0) is 16.4. The van der Waals surface area contributed by atoms with Gasteiger partial charge >= 0.3 is 0 Å². The second kappa shape index (κ2) is 6.41. The van der Waals surface area contributed by atoms with Gasteiger partial charge in [0, 0.05) is 32.6 Å². The first-order valence-corrected chi connectivity index (χ1v) is 8.11. The van der Waals surface area contributed by atoms with Crippen LogP contribution in [0.15, 0.2) is 16.9 Å². The highest BCUT2D eigenvalue weighted by molar-refractivity contribution is 5.77. The number of carbonyl (C=O) groups excluding carboxylic acids is 1. The molecular weight excluding hydrogens is 298 g/mol. The van der Waals surface area contributed by atoms with E-state index in [1.807, 2.05) is 4.90 Å². The summed E-state index contributed by atoms with van der Waals surface area (Å²) in [6, 6.07) is 3.00. The number of amides is 1. The molecule has 0 spiro atoms. The van der Waals surface area contributed by atoms with E-state index in [1.165, 1.54) is 6.07 Å². The summed E-state index contributed by atoms with van der Waals surface area (Å²) in [7, 11) is 1.70. The Balaban J connectivity index is 1.65. The molecule has 0 radical (unpaired) electrons. The number of methoxy groups -OCH3 is 1. The number of H-pyrrole nitrogens is 1. The smallest absolute Gasteiger partial charge is 0.264 e. The zero-order valence-electron chi connectivity index (χ0n) is 13.3. The van der Waals surface area contributed by atoms with E-state index in [1.54, 1.807) is 13.2 Å². The SMILES string of the molecule is CO[C@]12CC[C@@H](O)C[C@H]1N(C(=O)CCc1ccc(=O)[nH]n1)CC2. The molecule has 1 aromatic rings. The van der Waals surface area contributed by atoms with E-state index in [9.17, 15) is 14.7 Å². The molecule has 2 fully saturated rings. The summed E-state index contributed by atoms with van der Waals surface area (Å²) in [5.41, 5.74) is 0.144. The molecule has 2 heterocycles. The lowest BCUT2D eigenvalue weighted by atomic mass is 9.79. The van der Waals surface area contributed by atoms with Crippen LogP contribution in [0.2, 0.25) is 0 Å². The minimum Gasteiger partial charge on any atom is -0.393 e. The van der Waals surface area contributed by atoms with Crippen molar-refractivity contribution in [3.8, 4) is 0 Å². The summed E-state index contributed by atoms with van der Waals surface area (Å²) >= 11 is 0. The second-order valence-corrected chi connectivity index (χ2v) is 6.46. The van der Waals surface area contributed by atoms with Crippen molar-refractivity contribution in [3.63, 3.8) is 0 Å². The normalized spacial score (nSPS) is 30.3. The summed E-state index contributed by atoms with van der Waals surface area (Å²) in [6.45, 7) is 0.670. The molecule has 3 rings (SSSR count). The predicted molar refractivity (Wildman–Crippen MR) is 82.9 cm³/mol. The van der Waals surface area contributed by atoms with Gasteiger partial charge in [-0.25, -0.2) is 5.10 Å². The molecule has 3 atom stereocenters. The topological polar surface area (TPSA) is 95.5 Å². The first kappa shape index (κ1) is 16.1. The number of aromatic nitrogens is 2. The van der Waals surface area contributed by atoms with Crippen LogP contribution in [0.1, 0.15) is 37.8 Å². The Morgan fingerprint density at radius 3 is 3.04 bits per heavy atom. The fourth-order valence-electron chi connectivity index (χ4n) is 3.87. The third-order valence-electron chi connectivity index (χ3n) is 5.21. The number of fused-ring (bicyclic) bond motifs is 1. The van der Waals surface area contributed by atoms with E-state index in [0.717, 1.165) is 19.3 Å². The Bertz CT molecular complexity index is 612. The van der Waals surface area contributed by atoms with Crippen molar-refractivity contribution in [2.45, 2.75) is 56.3 Å². The largest absolute Gasteiger partial charge is 0.393 e. The standard InChI is InChI=1S/C16H23N3O4/c1-23-16-7-6-12(20)10-13(16)19(9-8-16)15(22)5-3-11-2-4-14(21)18-17-11/h2,4,12-13,20H,3,5-10H2,1H3,(H,18,21)/t12-,13-,16+/m1/s1. The van der Waals surface area contributed by atoms with Gasteiger partial charge in [0.2, 0.25) is 5.91 Å². The van der Waals surface area contributed by atoms with Crippen LogP contribution in [-0.4, -0.2) is 57.5 Å². The van der Waals surface area contributed by atoms with Crippen LogP contribution >= 0.6 is 0 Å². The number of hydrogen-bond donors (Lipinski definition) is 2. The molecule has 0 bridgehead atoms. The average Bonchev–Trinajstić information content (AvgIpc) is 2.93. The second-order valence-electron chi connectivity index (χ2n) is 6.46. The van der Waals surface area contributed by atoms with E-state index in [2.05, 4.69) is 10.2 Å². The Hall–Kier alpha value is -1.73. The van der Waals surface area contributed by atoms with E-state index >= 15 is 0 Å². The number of nitrogens with zero attached hydrogens (tertiary/aromatic N) is 2. The molecule has 7 heteroatoms. The van der Waals surface area contributed by atoms with Gasteiger partial charge in [0.15, 0.2) is 0 Å². The van der Waals surface area contributed by atoms with Crippen molar-refractivity contribution in [1.29, 1.82) is 0 Å². The number of aliphatic hydroxyl groups is 1. The fraction of sp³-hybridized carbons (Fsp3) is 0.688. The molecule has 0 aromatic carbocycles. The summed E-state index contributed by atoms with van der Waals surface area (Å²) < 4.78 is 5.75. The average molecular weight is 321 g/mol. The number of nitrogens with one attached hydrogen (secondary N) is 1. The van der Waals surface area contributed by atoms with Crippen LogP contribution in [0.4, 0.5) is 0 Å². The summed E-state index contributed by atoms with van der Waals surface area (Å²) in [4.78, 5) is 25.4. The molecule has 7 nitrogen and oxygen atoms in total. The molecule has 2 N–H and O–H groups in total. The van der Waals surface area contributed by atoms with Crippen molar-refractivity contribution < 1.29 is 14.6 Å². The monoisotopic (exact) mass is 321 g/mol. The molecule has 2 aliphatic rings. The fourth-order valence-corrected chi connectivity index (χ4v) is 3.87. The molecule has 1 saturated heterocycles. The van der Waals surface area contributed by atoms with Crippen molar-refractivity contribution in [1.82, 2.24) is 15.1 Å². The van der Waals surface area contributed by atoms with Gasteiger partial charge in [-0.1, -0.05) is 0 Å². The maximum absolute atomic E-state index is 12.6. The maximum Gasteiger partial charge on any atom is 0.264 e. The highest BCUT2D eigenvalue weighted by Crippen LogP contribution is 2.42. The lowest BCUT2D eigenvalue weighted by Gasteiger charge is -2.42. The zero-order valence-corrected chi connectivity index (χ0v) is 13.3. The highest BCUT2D eigenvalue weighted by atomic mass is 16.5. The van der Waals surface area contributed by atoms with Crippen LogP contribution in [0.25, 0.3) is 0 Å². The number of aryl methyl sites for hydroxylation is 1. The van der Waals surface area contributed by atoms with Gasteiger partial charge in [-0.05, 0) is 31.7 Å². The van der Waals surface area contributed by atoms with Gasteiger partial charge in [0.05, 0.1) is 23.4 Å². The van der Waals surface area contributed by atoms with Crippen molar-refractivity contribution in [2.24, 2.45) is 0 Å². The van der Waals surface area contributed by atoms with Crippen LogP contribution in [0, 0.1) is 0 Å². The summed E-state index contributed by atoms with van der Waals surface area (Å²) in [5.74, 6) is 0.0519. The van der Waals surface area contributed by atoms with Crippen molar-refractivity contribution >= 4 is 5.91 Å². The Morgan fingerprint density at radius 1 is 1.52 bits per heavy atom. The number of hydrogen-bond acceptors (Lipinski definition) is 5. The van der Waals surface area contributed by atoms with Crippen molar-refractivity contribution in [2.75, 3.05) is 13.7 Å². The molecular formula is C16H23N3O4. The molecule has 1 saturated carbocycles. The quantitative estimate of drug-likeness (QED) is 0.828. The minimum atomic E-state index is -0.363. The van der Waals surface area contributed by atoms with Gasteiger partial charge in [0.25, 0.3) is 5.56 Å². The van der Waals surface area contributed by atoms with E-state index < -0.39 is 0 Å². The number of rotatable bonds is 4. The summed E-state index contributed by atoms with van der Waals surface area (Å²) in [5, 5.41) is 16.3. The van der Waals surface area contributed by atoms with Crippen LogP contribution < -0.4 is 5.56 Å². The lowest BCUT2D eigenvalue weighted by molar-refractivity contribution is -0.139. The number of aromatic amines is 1. The summed E-state index contributed by atoms with van der Waals surface area (Å²) in [6.07, 6.45) is 3.39. The van der Waals surface area contributed by atoms with E-state index in [-0.39, 0.29) is 29.2 Å². The van der Waals surface area contributed by atoms with Crippen LogP contribution in [-0.2, 0) is 16.0 Å². The first-order chi connectivity index (χ1) is 11.0. The third-order valence-corrected chi connectivity index (χ3v) is 5.21. The molecule has 23 heavy (non-hydrogen) atoms. The Morgan fingerprint density at radius 2 is 2.35 bits per heavy atom. The molecule has 1 amide bonds. The van der Waals surface area contributed by atoms with Crippen molar-refractivity contribution in [3.05, 3.63) is 28.2 Å². The molecule has 0 unspecified atom stereocenters. The van der Waals surface area contributed by atoms with Gasteiger partial charge in [-0.3, -0.25) is 9.59 Å². The third kappa shape index (κ3) is 3.16. The van der Waals surface area contributed by atoms with Crippen LogP contribution in [0.5, 0.6) is 0 Å². The molecule has 1 aliphatic carbocycles. The predicted octanol–water partition coefficient (Wildman–Crippen LogP) is 0.233. The van der Waals surface area contributed by atoms with Crippen LogP contribution in [0.3, 0.4) is 0 Å². The number of likely N-dealkylation sites (tertiary alicyclic amines) is 1. The Labute approximate surface area is 134 Å². The number of carbonyl (C=O) groups is 1. The first-order valence-electron chi connectivity index (χ1n) is 8.11. The number of ether oxygens (including phenoxy) is 1. The van der Waals surface area contributed by atoms with E-state index in [0.29, 0.717) is 31.5 Å². The van der Waals surface area contributed by atoms with Gasteiger partial charge in [0.1, 0.15) is 0 Å². The molecule has 1 aromatic heterocycles. The molecule has 126 valence electrons. The lowest BCUT2D eigenvalue weighted by Crippen LogP contribution is -2.52. The Kier molecular flexibility index (Phi) is 4.50. The van der Waals surface area contributed by atoms with Gasteiger partial charge < -0.3 is 14.7 Å². The highest BCUT2D eigenvalue weighted by Gasteiger charge is 2.52. The minimum absolute atomic E-state index is 0.0488. The van der Waals surface area contributed by atoms with Gasteiger partial charge in [-0.15, -0.1) is 0 Å².